The molecule has 0 aromatic rings. The van der Waals surface area contributed by atoms with E-state index >= 15 is 0 Å². The van der Waals surface area contributed by atoms with Crippen LogP contribution in [-0.2, 0) is 14.3 Å². The van der Waals surface area contributed by atoms with Crippen LogP contribution in [0.15, 0.2) is 11.8 Å². The molecule has 1 saturated heterocycles. The highest BCUT2D eigenvalue weighted by Gasteiger charge is 2.45. The highest BCUT2D eigenvalue weighted by Crippen LogP contribution is 2.45. The average molecular weight is 367 g/mol. The Morgan fingerprint density at radius 1 is 1.23 bits per heavy atom. The van der Waals surface area contributed by atoms with Gasteiger partial charge in [-0.15, -0.1) is 0 Å². The van der Waals surface area contributed by atoms with Gasteiger partial charge in [-0.05, 0) is 51.0 Å². The van der Waals surface area contributed by atoms with Crippen LogP contribution in [0, 0.1) is 11.8 Å². The van der Waals surface area contributed by atoms with Crippen molar-refractivity contribution in [2.75, 3.05) is 6.61 Å². The predicted molar refractivity (Wildman–Crippen MR) is 104 cm³/mol. The summed E-state index contributed by atoms with van der Waals surface area (Å²) < 4.78 is 11.2. The van der Waals surface area contributed by atoms with Gasteiger partial charge in [0.1, 0.15) is 6.10 Å². The van der Waals surface area contributed by atoms with E-state index in [-0.39, 0.29) is 18.2 Å². The van der Waals surface area contributed by atoms with Gasteiger partial charge in [0.05, 0.1) is 18.5 Å². The van der Waals surface area contributed by atoms with Crippen LogP contribution in [0.3, 0.4) is 0 Å². The first-order valence-electron chi connectivity index (χ1n) is 10.8. The van der Waals surface area contributed by atoms with Gasteiger partial charge in [-0.25, -0.2) is 0 Å². The number of aliphatic hydroxyl groups excluding tert-OH is 1. The van der Waals surface area contributed by atoms with Crippen molar-refractivity contribution in [2.45, 2.75) is 103 Å². The zero-order valence-corrected chi connectivity index (χ0v) is 16.8. The molecule has 1 aliphatic heterocycles. The first kappa shape index (κ1) is 21.3. The third-order valence-electron chi connectivity index (χ3n) is 5.93. The van der Waals surface area contributed by atoms with Crippen LogP contribution in [0.1, 0.15) is 90.9 Å². The van der Waals surface area contributed by atoms with Crippen LogP contribution in [0.25, 0.3) is 0 Å². The summed E-state index contributed by atoms with van der Waals surface area (Å²) >= 11 is 0. The summed E-state index contributed by atoms with van der Waals surface area (Å²) in [5, 5.41) is 10.5. The first-order chi connectivity index (χ1) is 12.7. The Kier molecular flexibility index (Phi) is 9.52. The molecule has 1 aliphatic carbocycles. The van der Waals surface area contributed by atoms with Crippen LogP contribution in [0.2, 0.25) is 0 Å². The fraction of sp³-hybridized carbons (Fsp3) is 0.864. The molecule has 2 aliphatic rings. The van der Waals surface area contributed by atoms with Crippen molar-refractivity contribution < 1.29 is 19.4 Å². The molecule has 4 heteroatoms. The largest absolute Gasteiger partial charge is 0.495 e. The summed E-state index contributed by atoms with van der Waals surface area (Å²) in [7, 11) is 0. The third-order valence-corrected chi connectivity index (χ3v) is 5.93. The van der Waals surface area contributed by atoms with Crippen LogP contribution in [-0.4, -0.2) is 29.9 Å². The van der Waals surface area contributed by atoms with Crippen molar-refractivity contribution in [1.29, 1.82) is 0 Å². The molecule has 150 valence electrons. The number of unbranched alkanes of at least 4 members (excludes halogenated alkanes) is 5. The van der Waals surface area contributed by atoms with E-state index < -0.39 is 0 Å². The lowest BCUT2D eigenvalue weighted by molar-refractivity contribution is -0.143. The lowest BCUT2D eigenvalue weighted by Gasteiger charge is -2.32. The number of carbonyl (C=O) groups excluding carboxylic acids is 1. The predicted octanol–water partition coefficient (Wildman–Crippen LogP) is 5.14. The molecule has 0 aromatic heterocycles. The Labute approximate surface area is 159 Å². The van der Waals surface area contributed by atoms with Crippen LogP contribution in [0.5, 0.6) is 0 Å². The molecule has 2 fully saturated rings. The maximum absolute atomic E-state index is 11.3. The summed E-state index contributed by atoms with van der Waals surface area (Å²) in [6.07, 6.45) is 14.7. The van der Waals surface area contributed by atoms with Crippen molar-refractivity contribution in [3.8, 4) is 0 Å². The molecule has 0 radical (unpaired) electrons. The standard InChI is InChI=1S/C22H38O4/c1-3-5-8-11-17-14-15-19-18(20(23)16-21(19)26-17)12-9-6-7-10-13-22(24)25-4-2/h11,18-21,23H,3-10,12-16H2,1-2H3. The van der Waals surface area contributed by atoms with E-state index in [4.69, 9.17) is 9.47 Å². The smallest absolute Gasteiger partial charge is 0.305 e. The Hall–Kier alpha value is -1.03. The van der Waals surface area contributed by atoms with Crippen molar-refractivity contribution in [1.82, 2.24) is 0 Å². The van der Waals surface area contributed by atoms with E-state index in [1.807, 2.05) is 6.92 Å². The molecule has 0 spiro atoms. The maximum Gasteiger partial charge on any atom is 0.305 e. The molecule has 4 unspecified atom stereocenters. The number of carbonyl (C=O) groups is 1. The minimum Gasteiger partial charge on any atom is -0.495 e. The summed E-state index contributed by atoms with van der Waals surface area (Å²) in [6.45, 7) is 4.53. The van der Waals surface area contributed by atoms with Gasteiger partial charge in [0.2, 0.25) is 0 Å². The zero-order chi connectivity index (χ0) is 18.8. The molecule has 0 aromatic carbocycles. The van der Waals surface area contributed by atoms with Gasteiger partial charge in [-0.2, -0.15) is 0 Å². The molecular formula is C22H38O4. The van der Waals surface area contributed by atoms with Crippen molar-refractivity contribution in [3.05, 3.63) is 11.8 Å². The molecule has 4 atom stereocenters. The number of hydrogen-bond acceptors (Lipinski definition) is 4. The molecule has 0 amide bonds. The SMILES string of the molecule is CCCCC=C1CCC2C(CC(O)C2CCCCCCC(=O)OCC)O1. The second-order valence-electron chi connectivity index (χ2n) is 7.90. The molecule has 1 N–H and O–H groups in total. The van der Waals surface area contributed by atoms with Gasteiger partial charge in [0.25, 0.3) is 0 Å². The van der Waals surface area contributed by atoms with E-state index in [0.717, 1.165) is 63.5 Å². The summed E-state index contributed by atoms with van der Waals surface area (Å²) in [4.78, 5) is 11.3. The van der Waals surface area contributed by atoms with Crippen LogP contribution in [0.4, 0.5) is 0 Å². The number of ether oxygens (including phenoxy) is 2. The highest BCUT2D eigenvalue weighted by atomic mass is 16.5. The van der Waals surface area contributed by atoms with Gasteiger partial charge in [-0.1, -0.05) is 32.6 Å². The van der Waals surface area contributed by atoms with Gasteiger partial charge in [0, 0.05) is 25.2 Å². The van der Waals surface area contributed by atoms with E-state index in [1.54, 1.807) is 0 Å². The highest BCUT2D eigenvalue weighted by molar-refractivity contribution is 5.69. The molecule has 2 rings (SSSR count). The fourth-order valence-electron chi connectivity index (χ4n) is 4.51. The van der Waals surface area contributed by atoms with E-state index in [0.29, 0.717) is 24.9 Å². The molecule has 26 heavy (non-hydrogen) atoms. The number of rotatable bonds is 11. The summed E-state index contributed by atoms with van der Waals surface area (Å²) in [5.74, 6) is 1.99. The first-order valence-corrected chi connectivity index (χ1v) is 10.8. The number of aliphatic hydroxyl groups is 1. The van der Waals surface area contributed by atoms with Crippen molar-refractivity contribution in [3.63, 3.8) is 0 Å². The zero-order valence-electron chi connectivity index (χ0n) is 16.8. The molecular weight excluding hydrogens is 328 g/mol. The second-order valence-corrected chi connectivity index (χ2v) is 7.90. The lowest BCUT2D eigenvalue weighted by atomic mass is 9.84. The normalized spacial score (nSPS) is 29.4. The third kappa shape index (κ3) is 6.61. The van der Waals surface area contributed by atoms with Gasteiger partial charge in [-0.3, -0.25) is 4.79 Å². The Bertz CT molecular complexity index is 445. The van der Waals surface area contributed by atoms with Crippen molar-refractivity contribution >= 4 is 5.97 Å². The van der Waals surface area contributed by atoms with E-state index in [9.17, 15) is 9.90 Å². The number of fused-ring (bicyclic) bond motifs is 1. The summed E-state index contributed by atoms with van der Waals surface area (Å²) in [6, 6.07) is 0. The number of esters is 1. The minimum atomic E-state index is -0.209. The fourth-order valence-corrected chi connectivity index (χ4v) is 4.51. The second kappa shape index (κ2) is 11.6. The molecule has 1 heterocycles. The topological polar surface area (TPSA) is 55.8 Å². The van der Waals surface area contributed by atoms with Crippen molar-refractivity contribution in [2.24, 2.45) is 11.8 Å². The van der Waals surface area contributed by atoms with Gasteiger partial charge < -0.3 is 14.6 Å². The van der Waals surface area contributed by atoms with E-state index in [1.165, 1.54) is 12.8 Å². The van der Waals surface area contributed by atoms with E-state index in [2.05, 4.69) is 13.0 Å². The van der Waals surface area contributed by atoms with Crippen LogP contribution >= 0.6 is 0 Å². The molecule has 1 saturated carbocycles. The lowest BCUT2D eigenvalue weighted by Crippen LogP contribution is -2.27. The monoisotopic (exact) mass is 366 g/mol. The molecule has 0 bridgehead atoms. The number of hydrogen-bond donors (Lipinski definition) is 1. The Morgan fingerprint density at radius 2 is 2.04 bits per heavy atom. The maximum atomic E-state index is 11.3. The Morgan fingerprint density at radius 3 is 2.81 bits per heavy atom. The number of allylic oxidation sites excluding steroid dienone is 2. The Balaban J connectivity index is 1.65. The molecule has 4 nitrogen and oxygen atoms in total. The average Bonchev–Trinajstić information content (AvgIpc) is 2.93. The van der Waals surface area contributed by atoms with Gasteiger partial charge in [0.15, 0.2) is 0 Å². The quantitative estimate of drug-likeness (QED) is 0.406. The van der Waals surface area contributed by atoms with Crippen LogP contribution < -0.4 is 0 Å². The summed E-state index contributed by atoms with van der Waals surface area (Å²) in [5.41, 5.74) is 0. The minimum absolute atomic E-state index is 0.0799. The van der Waals surface area contributed by atoms with Gasteiger partial charge >= 0.3 is 5.97 Å².